The number of hydrogen-bond donors (Lipinski definition) is 2. The van der Waals surface area contributed by atoms with E-state index in [1.54, 1.807) is 31.3 Å². The summed E-state index contributed by atoms with van der Waals surface area (Å²) in [7, 11) is -3.65. The van der Waals surface area contributed by atoms with E-state index in [9.17, 15) is 13.2 Å². The summed E-state index contributed by atoms with van der Waals surface area (Å²) in [5.41, 5.74) is 1.16. The minimum absolute atomic E-state index is 0.204. The van der Waals surface area contributed by atoms with Crippen molar-refractivity contribution in [1.82, 2.24) is 19.3 Å². The maximum atomic E-state index is 13.2. The molecule has 0 saturated carbocycles. The summed E-state index contributed by atoms with van der Waals surface area (Å²) in [5, 5.41) is 5.81. The van der Waals surface area contributed by atoms with E-state index in [0.29, 0.717) is 49.1 Å². The van der Waals surface area contributed by atoms with Crippen molar-refractivity contribution in [3.05, 3.63) is 60.6 Å². The number of anilines is 4. The molecule has 1 aliphatic heterocycles. The second kappa shape index (κ2) is 9.51. The molecule has 0 spiro atoms. The SMILES string of the molecule is CC(=O)Nc1ccc(S(=O)(=O)N2CCN(c3cc(Nc4ccccn4)ncn3)CC2)c(C)c1. The Morgan fingerprint density at radius 1 is 0.970 bits per heavy atom. The molecule has 2 aromatic heterocycles. The van der Waals surface area contributed by atoms with Crippen LogP contribution in [0.15, 0.2) is 59.9 Å². The zero-order chi connectivity index (χ0) is 23.4. The number of aromatic nitrogens is 3. The number of pyridine rings is 1. The van der Waals surface area contributed by atoms with E-state index in [1.807, 2.05) is 29.2 Å². The monoisotopic (exact) mass is 467 g/mol. The smallest absolute Gasteiger partial charge is 0.243 e. The van der Waals surface area contributed by atoms with Crippen LogP contribution < -0.4 is 15.5 Å². The van der Waals surface area contributed by atoms with Crippen LogP contribution in [0, 0.1) is 6.92 Å². The summed E-state index contributed by atoms with van der Waals surface area (Å²) >= 11 is 0. The van der Waals surface area contributed by atoms with Gasteiger partial charge < -0.3 is 15.5 Å². The molecule has 33 heavy (non-hydrogen) atoms. The number of piperazine rings is 1. The van der Waals surface area contributed by atoms with Gasteiger partial charge in [0.05, 0.1) is 4.90 Å². The molecule has 3 heterocycles. The first-order valence-corrected chi connectivity index (χ1v) is 11.9. The molecule has 1 fully saturated rings. The summed E-state index contributed by atoms with van der Waals surface area (Å²) in [6, 6.07) is 12.2. The molecule has 1 aliphatic rings. The van der Waals surface area contributed by atoms with Gasteiger partial charge in [0, 0.05) is 51.1 Å². The summed E-state index contributed by atoms with van der Waals surface area (Å²) in [6.07, 6.45) is 3.17. The van der Waals surface area contributed by atoms with Crippen LogP contribution in [0.2, 0.25) is 0 Å². The number of hydrogen-bond acceptors (Lipinski definition) is 8. The van der Waals surface area contributed by atoms with Crippen molar-refractivity contribution in [2.75, 3.05) is 41.7 Å². The topological polar surface area (TPSA) is 120 Å². The Hall–Kier alpha value is -3.57. The first-order valence-electron chi connectivity index (χ1n) is 10.5. The van der Waals surface area contributed by atoms with Gasteiger partial charge in [-0.2, -0.15) is 4.31 Å². The minimum Gasteiger partial charge on any atom is -0.354 e. The molecule has 1 amide bonds. The summed E-state index contributed by atoms with van der Waals surface area (Å²) in [6.45, 7) is 4.81. The largest absolute Gasteiger partial charge is 0.354 e. The van der Waals surface area contributed by atoms with Crippen LogP contribution >= 0.6 is 0 Å². The van der Waals surface area contributed by atoms with Gasteiger partial charge in [0.15, 0.2) is 0 Å². The normalized spacial score (nSPS) is 14.7. The number of amides is 1. The lowest BCUT2D eigenvalue weighted by molar-refractivity contribution is -0.114. The Kier molecular flexibility index (Phi) is 6.52. The highest BCUT2D eigenvalue weighted by Gasteiger charge is 2.30. The Morgan fingerprint density at radius 3 is 2.42 bits per heavy atom. The number of carbonyl (C=O) groups excluding carboxylic acids is 1. The molecule has 1 aromatic carbocycles. The van der Waals surface area contributed by atoms with Crippen LogP contribution in [0.25, 0.3) is 0 Å². The van der Waals surface area contributed by atoms with Gasteiger partial charge in [-0.3, -0.25) is 4.79 Å². The molecule has 0 unspecified atom stereocenters. The molecule has 0 radical (unpaired) electrons. The Labute approximate surface area is 192 Å². The van der Waals surface area contributed by atoms with Gasteiger partial charge in [0.25, 0.3) is 0 Å². The lowest BCUT2D eigenvalue weighted by atomic mass is 10.2. The fourth-order valence-electron chi connectivity index (χ4n) is 3.67. The van der Waals surface area contributed by atoms with E-state index in [4.69, 9.17) is 0 Å². The van der Waals surface area contributed by atoms with Crippen molar-refractivity contribution in [3.8, 4) is 0 Å². The van der Waals surface area contributed by atoms with Crippen molar-refractivity contribution in [2.24, 2.45) is 0 Å². The van der Waals surface area contributed by atoms with Gasteiger partial charge in [-0.15, -0.1) is 0 Å². The number of sulfonamides is 1. The standard InChI is InChI=1S/C22H25N7O3S/c1-16-13-18(26-17(2)30)6-7-19(16)33(31,32)29-11-9-28(10-12-29)22-14-21(24-15-25-22)27-20-5-3-4-8-23-20/h3-8,13-15H,9-12H2,1-2H3,(H,26,30)(H,23,24,25,27). The number of nitrogens with zero attached hydrogens (tertiary/aromatic N) is 5. The fourth-order valence-corrected chi connectivity index (χ4v) is 5.30. The first kappa shape index (κ1) is 22.6. The van der Waals surface area contributed by atoms with Crippen LogP contribution in [0.4, 0.5) is 23.1 Å². The van der Waals surface area contributed by atoms with Gasteiger partial charge in [0.1, 0.15) is 23.8 Å². The second-order valence-corrected chi connectivity index (χ2v) is 9.56. The number of aryl methyl sites for hydroxylation is 1. The molecule has 2 N–H and O–H groups in total. The van der Waals surface area contributed by atoms with E-state index >= 15 is 0 Å². The quantitative estimate of drug-likeness (QED) is 0.567. The van der Waals surface area contributed by atoms with Gasteiger partial charge in [0.2, 0.25) is 15.9 Å². The highest BCUT2D eigenvalue weighted by molar-refractivity contribution is 7.89. The summed E-state index contributed by atoms with van der Waals surface area (Å²) < 4.78 is 27.9. The lowest BCUT2D eigenvalue weighted by Crippen LogP contribution is -2.49. The highest BCUT2D eigenvalue weighted by atomic mass is 32.2. The van der Waals surface area contributed by atoms with E-state index in [0.717, 1.165) is 5.82 Å². The van der Waals surface area contributed by atoms with E-state index in [-0.39, 0.29) is 10.8 Å². The van der Waals surface area contributed by atoms with Crippen molar-refractivity contribution >= 4 is 39.1 Å². The molecule has 0 atom stereocenters. The lowest BCUT2D eigenvalue weighted by Gasteiger charge is -2.35. The Bertz CT molecular complexity index is 1240. The van der Waals surface area contributed by atoms with Crippen LogP contribution in [0.5, 0.6) is 0 Å². The van der Waals surface area contributed by atoms with Crippen LogP contribution in [-0.2, 0) is 14.8 Å². The van der Waals surface area contributed by atoms with Crippen molar-refractivity contribution < 1.29 is 13.2 Å². The molecule has 172 valence electrons. The number of nitrogens with one attached hydrogen (secondary N) is 2. The molecule has 0 bridgehead atoms. The van der Waals surface area contributed by atoms with Gasteiger partial charge in [-0.05, 0) is 42.8 Å². The molecule has 1 saturated heterocycles. The van der Waals surface area contributed by atoms with Crippen molar-refractivity contribution in [1.29, 1.82) is 0 Å². The third-order valence-electron chi connectivity index (χ3n) is 5.25. The average molecular weight is 468 g/mol. The fraction of sp³-hybridized carbons (Fsp3) is 0.273. The van der Waals surface area contributed by atoms with Crippen LogP contribution in [0.1, 0.15) is 12.5 Å². The predicted octanol–water partition coefficient (Wildman–Crippen LogP) is 2.39. The maximum Gasteiger partial charge on any atom is 0.243 e. The van der Waals surface area contributed by atoms with Crippen molar-refractivity contribution in [3.63, 3.8) is 0 Å². The molecule has 4 rings (SSSR count). The third-order valence-corrected chi connectivity index (χ3v) is 7.31. The third kappa shape index (κ3) is 5.26. The zero-order valence-electron chi connectivity index (χ0n) is 18.4. The molecular formula is C22H25N7O3S. The summed E-state index contributed by atoms with van der Waals surface area (Å²) in [4.78, 5) is 26.3. The Balaban J connectivity index is 1.43. The minimum atomic E-state index is -3.65. The van der Waals surface area contributed by atoms with Gasteiger partial charge >= 0.3 is 0 Å². The van der Waals surface area contributed by atoms with Gasteiger partial charge in [-0.25, -0.2) is 23.4 Å². The molecule has 3 aromatic rings. The van der Waals surface area contributed by atoms with E-state index in [2.05, 4.69) is 25.6 Å². The number of rotatable bonds is 6. The second-order valence-electron chi connectivity index (χ2n) is 7.65. The van der Waals surface area contributed by atoms with Crippen LogP contribution in [-0.4, -0.2) is 59.8 Å². The Morgan fingerprint density at radius 2 is 1.76 bits per heavy atom. The first-order chi connectivity index (χ1) is 15.8. The number of carbonyl (C=O) groups is 1. The summed E-state index contributed by atoms with van der Waals surface area (Å²) in [5.74, 6) is 1.81. The predicted molar refractivity (Wildman–Crippen MR) is 126 cm³/mol. The average Bonchev–Trinajstić information content (AvgIpc) is 2.79. The number of benzene rings is 1. The van der Waals surface area contributed by atoms with Crippen LogP contribution in [0.3, 0.4) is 0 Å². The zero-order valence-corrected chi connectivity index (χ0v) is 19.2. The molecular weight excluding hydrogens is 442 g/mol. The van der Waals surface area contributed by atoms with E-state index < -0.39 is 10.0 Å². The van der Waals surface area contributed by atoms with Gasteiger partial charge in [-0.1, -0.05) is 6.07 Å². The maximum absolute atomic E-state index is 13.2. The molecule has 10 nitrogen and oxygen atoms in total. The van der Waals surface area contributed by atoms with Crippen molar-refractivity contribution in [2.45, 2.75) is 18.7 Å². The molecule has 0 aliphatic carbocycles. The van der Waals surface area contributed by atoms with E-state index in [1.165, 1.54) is 17.6 Å². The highest BCUT2D eigenvalue weighted by Crippen LogP contribution is 2.25. The molecule has 11 heteroatoms.